The molecule has 1 heterocycles. The Morgan fingerprint density at radius 2 is 1.67 bits per heavy atom. The summed E-state index contributed by atoms with van der Waals surface area (Å²) in [6, 6.07) is 18.3. The van der Waals surface area contributed by atoms with Crippen LogP contribution >= 0.6 is 0 Å². The maximum atomic E-state index is 12.7. The summed E-state index contributed by atoms with van der Waals surface area (Å²) in [5, 5.41) is 3.34. The average molecular weight is 279 g/mol. The van der Waals surface area contributed by atoms with Crippen LogP contribution in [-0.4, -0.2) is 18.9 Å². The summed E-state index contributed by atoms with van der Waals surface area (Å²) in [6.07, 6.45) is 2.05. The van der Waals surface area contributed by atoms with Gasteiger partial charge in [-0.3, -0.25) is 4.79 Å². The molecule has 0 amide bonds. The highest BCUT2D eigenvalue weighted by atomic mass is 16.1. The lowest BCUT2D eigenvalue weighted by Crippen LogP contribution is -2.43. The van der Waals surface area contributed by atoms with Crippen molar-refractivity contribution in [3.63, 3.8) is 0 Å². The second-order valence-electron chi connectivity index (χ2n) is 6.11. The van der Waals surface area contributed by atoms with E-state index in [2.05, 4.69) is 24.4 Å². The Bertz CT molecular complexity index is 610. The highest BCUT2D eigenvalue weighted by Gasteiger charge is 2.34. The Labute approximate surface area is 126 Å². The highest BCUT2D eigenvalue weighted by Crippen LogP contribution is 2.30. The minimum atomic E-state index is -0.257. The van der Waals surface area contributed by atoms with Gasteiger partial charge in [-0.15, -0.1) is 0 Å². The Balaban J connectivity index is 1.82. The molecule has 2 aromatic rings. The Hall–Kier alpha value is -1.93. The summed E-state index contributed by atoms with van der Waals surface area (Å²) in [4.78, 5) is 12.7. The summed E-state index contributed by atoms with van der Waals surface area (Å²) >= 11 is 0. The van der Waals surface area contributed by atoms with E-state index < -0.39 is 0 Å². The fourth-order valence-corrected chi connectivity index (χ4v) is 3.04. The average Bonchev–Trinajstić information content (AvgIpc) is 2.56. The van der Waals surface area contributed by atoms with Crippen LogP contribution in [0.25, 0.3) is 11.1 Å². The number of hydrogen-bond donors (Lipinski definition) is 1. The van der Waals surface area contributed by atoms with Gasteiger partial charge in [0, 0.05) is 17.5 Å². The maximum Gasteiger partial charge on any atom is 0.169 e. The van der Waals surface area contributed by atoms with Crippen molar-refractivity contribution in [2.45, 2.75) is 19.8 Å². The number of ketones is 1. The predicted molar refractivity (Wildman–Crippen MR) is 86.4 cm³/mol. The van der Waals surface area contributed by atoms with Crippen LogP contribution in [0, 0.1) is 5.41 Å². The van der Waals surface area contributed by atoms with Gasteiger partial charge in [0.25, 0.3) is 0 Å². The second-order valence-corrected chi connectivity index (χ2v) is 6.11. The zero-order valence-electron chi connectivity index (χ0n) is 12.4. The molecular formula is C19H21NO. The van der Waals surface area contributed by atoms with Crippen LogP contribution in [-0.2, 0) is 0 Å². The Morgan fingerprint density at radius 3 is 2.29 bits per heavy atom. The van der Waals surface area contributed by atoms with Crippen LogP contribution in [0.15, 0.2) is 54.6 Å². The topological polar surface area (TPSA) is 29.1 Å². The molecule has 1 unspecified atom stereocenters. The van der Waals surface area contributed by atoms with E-state index in [1.165, 1.54) is 5.56 Å². The largest absolute Gasteiger partial charge is 0.316 e. The molecule has 3 rings (SSSR count). The van der Waals surface area contributed by atoms with E-state index in [1.54, 1.807) is 0 Å². The summed E-state index contributed by atoms with van der Waals surface area (Å²) in [7, 11) is 0. The van der Waals surface area contributed by atoms with Crippen molar-refractivity contribution in [1.82, 2.24) is 5.32 Å². The van der Waals surface area contributed by atoms with E-state index in [-0.39, 0.29) is 11.2 Å². The lowest BCUT2D eigenvalue weighted by atomic mass is 9.76. The lowest BCUT2D eigenvalue weighted by molar-refractivity contribution is 0.0773. The number of benzene rings is 2. The number of Topliss-reactive ketones (excluding diaryl/α,β-unsaturated/α-hetero) is 1. The molecule has 0 bridgehead atoms. The number of rotatable bonds is 3. The fraction of sp³-hybridized carbons (Fsp3) is 0.316. The van der Waals surface area contributed by atoms with Crippen LogP contribution in [0.4, 0.5) is 0 Å². The van der Waals surface area contributed by atoms with Crippen molar-refractivity contribution in [1.29, 1.82) is 0 Å². The molecule has 2 heteroatoms. The van der Waals surface area contributed by atoms with Gasteiger partial charge in [-0.25, -0.2) is 0 Å². The van der Waals surface area contributed by atoms with E-state index in [1.807, 2.05) is 42.5 Å². The molecule has 1 aliphatic rings. The van der Waals surface area contributed by atoms with Crippen molar-refractivity contribution in [3.8, 4) is 11.1 Å². The van der Waals surface area contributed by atoms with Gasteiger partial charge >= 0.3 is 0 Å². The number of hydrogen-bond acceptors (Lipinski definition) is 2. The van der Waals surface area contributed by atoms with Gasteiger partial charge in [0.2, 0.25) is 0 Å². The Morgan fingerprint density at radius 1 is 1.00 bits per heavy atom. The minimum absolute atomic E-state index is 0.257. The third-order valence-corrected chi connectivity index (χ3v) is 4.40. The van der Waals surface area contributed by atoms with Crippen molar-refractivity contribution in [2.75, 3.05) is 13.1 Å². The lowest BCUT2D eigenvalue weighted by Gasteiger charge is -2.32. The summed E-state index contributed by atoms with van der Waals surface area (Å²) in [5.74, 6) is 0.259. The van der Waals surface area contributed by atoms with Gasteiger partial charge in [0.05, 0.1) is 0 Å². The summed E-state index contributed by atoms with van der Waals surface area (Å²) < 4.78 is 0. The fourth-order valence-electron chi connectivity index (χ4n) is 3.04. The highest BCUT2D eigenvalue weighted by molar-refractivity contribution is 6.00. The van der Waals surface area contributed by atoms with Gasteiger partial charge in [0.15, 0.2) is 5.78 Å². The standard InChI is InChI=1S/C19H21NO/c1-19(12-5-13-20-14-19)18(21)17-10-8-16(9-11-17)15-6-3-2-4-7-15/h2-4,6-11,20H,5,12-14H2,1H3. The minimum Gasteiger partial charge on any atom is -0.316 e. The molecule has 21 heavy (non-hydrogen) atoms. The van der Waals surface area contributed by atoms with Crippen LogP contribution in [0.5, 0.6) is 0 Å². The van der Waals surface area contributed by atoms with E-state index in [0.29, 0.717) is 0 Å². The number of carbonyl (C=O) groups excluding carboxylic acids is 1. The molecule has 1 aliphatic heterocycles. The number of piperidine rings is 1. The van der Waals surface area contributed by atoms with Crippen LogP contribution in [0.1, 0.15) is 30.1 Å². The van der Waals surface area contributed by atoms with Crippen LogP contribution in [0.3, 0.4) is 0 Å². The molecule has 0 radical (unpaired) electrons. The van der Waals surface area contributed by atoms with Gasteiger partial charge in [-0.2, -0.15) is 0 Å². The molecule has 0 spiro atoms. The third-order valence-electron chi connectivity index (χ3n) is 4.40. The molecule has 0 aliphatic carbocycles. The van der Waals surface area contributed by atoms with E-state index in [0.717, 1.165) is 37.1 Å². The molecule has 0 aromatic heterocycles. The maximum absolute atomic E-state index is 12.7. The smallest absolute Gasteiger partial charge is 0.169 e. The van der Waals surface area contributed by atoms with Gasteiger partial charge in [0.1, 0.15) is 0 Å². The quantitative estimate of drug-likeness (QED) is 0.863. The monoisotopic (exact) mass is 279 g/mol. The molecule has 1 fully saturated rings. The van der Waals surface area contributed by atoms with E-state index >= 15 is 0 Å². The zero-order valence-corrected chi connectivity index (χ0v) is 12.4. The third kappa shape index (κ3) is 2.91. The first kappa shape index (κ1) is 14.0. The van der Waals surface area contributed by atoms with Crippen molar-refractivity contribution >= 4 is 5.78 Å². The van der Waals surface area contributed by atoms with Crippen LogP contribution in [0.2, 0.25) is 0 Å². The summed E-state index contributed by atoms with van der Waals surface area (Å²) in [5.41, 5.74) is 2.90. The Kier molecular flexibility index (Phi) is 3.89. The first-order valence-electron chi connectivity index (χ1n) is 7.60. The zero-order chi connectivity index (χ0) is 14.7. The molecule has 2 nitrogen and oxygen atoms in total. The van der Waals surface area contributed by atoms with Gasteiger partial charge in [-0.05, 0) is 30.5 Å². The van der Waals surface area contributed by atoms with Crippen molar-refractivity contribution in [3.05, 3.63) is 60.2 Å². The SMILES string of the molecule is CC1(C(=O)c2ccc(-c3ccccc3)cc2)CCCNC1. The van der Waals surface area contributed by atoms with E-state index in [4.69, 9.17) is 0 Å². The summed E-state index contributed by atoms with van der Waals surface area (Å²) in [6.45, 7) is 3.88. The normalized spacial score (nSPS) is 22.0. The van der Waals surface area contributed by atoms with Crippen LogP contribution < -0.4 is 5.32 Å². The molecule has 1 saturated heterocycles. The molecular weight excluding hydrogens is 258 g/mol. The van der Waals surface area contributed by atoms with Crippen molar-refractivity contribution < 1.29 is 4.79 Å². The first-order chi connectivity index (χ1) is 10.2. The molecule has 0 saturated carbocycles. The first-order valence-corrected chi connectivity index (χ1v) is 7.60. The number of carbonyl (C=O) groups is 1. The molecule has 1 atom stereocenters. The molecule has 108 valence electrons. The molecule has 1 N–H and O–H groups in total. The second kappa shape index (κ2) is 5.82. The van der Waals surface area contributed by atoms with Crippen molar-refractivity contribution in [2.24, 2.45) is 5.41 Å². The van der Waals surface area contributed by atoms with E-state index in [9.17, 15) is 4.79 Å². The van der Waals surface area contributed by atoms with Gasteiger partial charge in [-0.1, -0.05) is 61.5 Å². The van der Waals surface area contributed by atoms with Gasteiger partial charge < -0.3 is 5.32 Å². The molecule has 2 aromatic carbocycles. The number of nitrogens with one attached hydrogen (secondary N) is 1. The predicted octanol–water partition coefficient (Wildman–Crippen LogP) is 3.93.